The molecule has 0 saturated heterocycles. The number of pyridine rings is 1. The molecule has 4 heteroatoms. The Morgan fingerprint density at radius 1 is 1.30 bits per heavy atom. The lowest BCUT2D eigenvalue weighted by atomic mass is 10.0. The highest BCUT2D eigenvalue weighted by atomic mass is 35.5. The van der Waals surface area contributed by atoms with E-state index < -0.39 is 0 Å². The third-order valence-electron chi connectivity index (χ3n) is 3.30. The van der Waals surface area contributed by atoms with Gasteiger partial charge < -0.3 is 9.73 Å². The SMILES string of the molecule is CCCNC(Cc1ccncc1Cl)c1ccc(CC)o1. The first kappa shape index (κ1) is 15.1. The highest BCUT2D eigenvalue weighted by Crippen LogP contribution is 2.24. The zero-order chi connectivity index (χ0) is 14.4. The summed E-state index contributed by atoms with van der Waals surface area (Å²) in [6, 6.07) is 6.22. The molecule has 0 fully saturated rings. The van der Waals surface area contributed by atoms with Gasteiger partial charge in [0.05, 0.1) is 11.1 Å². The number of halogens is 1. The first-order valence-electron chi connectivity index (χ1n) is 7.15. The van der Waals surface area contributed by atoms with Crippen molar-refractivity contribution in [3.63, 3.8) is 0 Å². The topological polar surface area (TPSA) is 38.1 Å². The molecule has 2 rings (SSSR count). The van der Waals surface area contributed by atoms with Crippen LogP contribution in [0.15, 0.2) is 35.0 Å². The van der Waals surface area contributed by atoms with Crippen LogP contribution in [0.3, 0.4) is 0 Å². The number of aryl methyl sites for hydroxylation is 1. The lowest BCUT2D eigenvalue weighted by Crippen LogP contribution is -2.23. The van der Waals surface area contributed by atoms with E-state index in [1.807, 2.05) is 12.1 Å². The van der Waals surface area contributed by atoms with Gasteiger partial charge in [0.2, 0.25) is 0 Å². The molecular weight excluding hydrogens is 272 g/mol. The Balaban J connectivity index is 2.17. The molecule has 0 aliphatic rings. The zero-order valence-corrected chi connectivity index (χ0v) is 12.8. The van der Waals surface area contributed by atoms with Gasteiger partial charge in [-0.15, -0.1) is 0 Å². The number of rotatable bonds is 7. The first-order chi connectivity index (χ1) is 9.74. The minimum Gasteiger partial charge on any atom is -0.464 e. The zero-order valence-electron chi connectivity index (χ0n) is 12.0. The standard InChI is InChI=1S/C16H21ClN2O/c1-3-8-19-15(16-6-5-13(4-2)20-16)10-12-7-9-18-11-14(12)17/h5-7,9,11,15,19H,3-4,8,10H2,1-2H3. The van der Waals surface area contributed by atoms with Gasteiger partial charge in [-0.1, -0.05) is 25.4 Å². The summed E-state index contributed by atoms with van der Waals surface area (Å²) < 4.78 is 5.88. The Morgan fingerprint density at radius 2 is 2.15 bits per heavy atom. The summed E-state index contributed by atoms with van der Waals surface area (Å²) in [5, 5.41) is 4.23. The minimum absolute atomic E-state index is 0.148. The summed E-state index contributed by atoms with van der Waals surface area (Å²) in [6.07, 6.45) is 6.27. The van der Waals surface area contributed by atoms with E-state index in [0.29, 0.717) is 5.02 Å². The molecule has 0 aliphatic heterocycles. The van der Waals surface area contributed by atoms with Crippen LogP contribution >= 0.6 is 11.6 Å². The summed E-state index contributed by atoms with van der Waals surface area (Å²) in [5.74, 6) is 1.99. The summed E-state index contributed by atoms with van der Waals surface area (Å²) >= 11 is 6.20. The van der Waals surface area contributed by atoms with Crippen LogP contribution in [0, 0.1) is 0 Å². The molecule has 0 aliphatic carbocycles. The maximum Gasteiger partial charge on any atom is 0.121 e. The molecule has 1 atom stereocenters. The van der Waals surface area contributed by atoms with Crippen LogP contribution in [0.5, 0.6) is 0 Å². The van der Waals surface area contributed by atoms with Gasteiger partial charge in [-0.05, 0) is 43.1 Å². The van der Waals surface area contributed by atoms with Gasteiger partial charge in [-0.3, -0.25) is 4.98 Å². The average molecular weight is 293 g/mol. The van der Waals surface area contributed by atoms with Crippen LogP contribution in [0.2, 0.25) is 5.02 Å². The Kier molecular flexibility index (Phi) is 5.62. The molecule has 0 amide bonds. The maximum atomic E-state index is 6.20. The van der Waals surface area contributed by atoms with Gasteiger partial charge in [0.25, 0.3) is 0 Å². The number of aromatic nitrogens is 1. The van der Waals surface area contributed by atoms with Crippen molar-refractivity contribution in [2.24, 2.45) is 0 Å². The van der Waals surface area contributed by atoms with E-state index >= 15 is 0 Å². The Labute approximate surface area is 125 Å². The second-order valence-electron chi connectivity index (χ2n) is 4.84. The third kappa shape index (κ3) is 3.84. The van der Waals surface area contributed by atoms with Gasteiger partial charge in [0.15, 0.2) is 0 Å². The lowest BCUT2D eigenvalue weighted by molar-refractivity contribution is 0.392. The van der Waals surface area contributed by atoms with Crippen molar-refractivity contribution in [1.82, 2.24) is 10.3 Å². The minimum atomic E-state index is 0.148. The Bertz CT molecular complexity index is 539. The molecule has 2 aromatic rings. The van der Waals surface area contributed by atoms with E-state index in [2.05, 4.69) is 30.2 Å². The lowest BCUT2D eigenvalue weighted by Gasteiger charge is -2.17. The number of nitrogens with zero attached hydrogens (tertiary/aromatic N) is 1. The largest absolute Gasteiger partial charge is 0.464 e. The molecule has 1 N–H and O–H groups in total. The van der Waals surface area contributed by atoms with E-state index in [9.17, 15) is 0 Å². The average Bonchev–Trinajstić information content (AvgIpc) is 2.94. The summed E-state index contributed by atoms with van der Waals surface area (Å²) in [4.78, 5) is 4.03. The van der Waals surface area contributed by atoms with Crippen molar-refractivity contribution < 1.29 is 4.42 Å². The molecule has 0 saturated carbocycles. The van der Waals surface area contributed by atoms with E-state index in [-0.39, 0.29) is 6.04 Å². The first-order valence-corrected chi connectivity index (χ1v) is 7.52. The van der Waals surface area contributed by atoms with Crippen LogP contribution in [0.25, 0.3) is 0 Å². The van der Waals surface area contributed by atoms with E-state index in [1.165, 1.54) is 0 Å². The van der Waals surface area contributed by atoms with Gasteiger partial charge in [-0.25, -0.2) is 0 Å². The van der Waals surface area contributed by atoms with Crippen molar-refractivity contribution >= 4 is 11.6 Å². The fraction of sp³-hybridized carbons (Fsp3) is 0.438. The van der Waals surface area contributed by atoms with Gasteiger partial charge in [-0.2, -0.15) is 0 Å². The molecular formula is C16H21ClN2O. The third-order valence-corrected chi connectivity index (χ3v) is 3.64. The van der Waals surface area contributed by atoms with Gasteiger partial charge in [0, 0.05) is 18.8 Å². The summed E-state index contributed by atoms with van der Waals surface area (Å²) in [5.41, 5.74) is 1.09. The quantitative estimate of drug-likeness (QED) is 0.832. The molecule has 0 aromatic carbocycles. The van der Waals surface area contributed by atoms with Crippen LogP contribution < -0.4 is 5.32 Å². The molecule has 20 heavy (non-hydrogen) atoms. The van der Waals surface area contributed by atoms with Crippen molar-refractivity contribution in [1.29, 1.82) is 0 Å². The number of furan rings is 1. The maximum absolute atomic E-state index is 6.20. The molecule has 0 bridgehead atoms. The second-order valence-corrected chi connectivity index (χ2v) is 5.24. The van der Waals surface area contributed by atoms with Crippen molar-refractivity contribution in [2.45, 2.75) is 39.2 Å². The molecule has 1 unspecified atom stereocenters. The summed E-state index contributed by atoms with van der Waals surface area (Å²) in [7, 11) is 0. The highest BCUT2D eigenvalue weighted by Gasteiger charge is 2.16. The monoisotopic (exact) mass is 292 g/mol. The van der Waals surface area contributed by atoms with Gasteiger partial charge in [0.1, 0.15) is 11.5 Å². The van der Waals surface area contributed by atoms with Crippen LogP contribution in [0.4, 0.5) is 0 Å². The molecule has 0 spiro atoms. The highest BCUT2D eigenvalue weighted by molar-refractivity contribution is 6.31. The van der Waals surface area contributed by atoms with Crippen LogP contribution in [0.1, 0.15) is 43.4 Å². The number of hydrogen-bond donors (Lipinski definition) is 1. The van der Waals surface area contributed by atoms with Crippen LogP contribution in [-0.2, 0) is 12.8 Å². The Morgan fingerprint density at radius 3 is 2.80 bits per heavy atom. The van der Waals surface area contributed by atoms with E-state index in [4.69, 9.17) is 16.0 Å². The summed E-state index contributed by atoms with van der Waals surface area (Å²) in [6.45, 7) is 5.20. The smallest absolute Gasteiger partial charge is 0.121 e. The molecule has 2 aromatic heterocycles. The van der Waals surface area contributed by atoms with Crippen molar-refractivity contribution in [3.8, 4) is 0 Å². The molecule has 2 heterocycles. The van der Waals surface area contributed by atoms with Gasteiger partial charge >= 0.3 is 0 Å². The number of nitrogens with one attached hydrogen (secondary N) is 1. The van der Waals surface area contributed by atoms with E-state index in [1.54, 1.807) is 12.4 Å². The second kappa shape index (κ2) is 7.46. The van der Waals surface area contributed by atoms with Crippen molar-refractivity contribution in [2.75, 3.05) is 6.54 Å². The Hall–Kier alpha value is -1.32. The number of hydrogen-bond acceptors (Lipinski definition) is 3. The van der Waals surface area contributed by atoms with Crippen LogP contribution in [-0.4, -0.2) is 11.5 Å². The van der Waals surface area contributed by atoms with Crippen molar-refractivity contribution in [3.05, 3.63) is 52.7 Å². The molecule has 3 nitrogen and oxygen atoms in total. The normalized spacial score (nSPS) is 12.6. The molecule has 108 valence electrons. The predicted molar refractivity (Wildman–Crippen MR) is 82.1 cm³/mol. The molecule has 0 radical (unpaired) electrons. The fourth-order valence-corrected chi connectivity index (χ4v) is 2.35. The fourth-order valence-electron chi connectivity index (χ4n) is 2.15. The predicted octanol–water partition coefficient (Wildman–Crippen LogP) is 4.17. The van der Waals surface area contributed by atoms with E-state index in [0.717, 1.165) is 42.9 Å².